The largest absolute Gasteiger partial charge is 0.387 e. The number of fused-ring (bicyclic) bond motifs is 9. The van der Waals surface area contributed by atoms with Gasteiger partial charge in [-0.25, -0.2) is 0 Å². The first-order chi connectivity index (χ1) is 39.1. The molecular weight excluding hydrogens is 961 g/mol. The Morgan fingerprint density at radius 2 is 0.418 bits per heavy atom. The zero-order valence-corrected chi connectivity index (χ0v) is 43.3. The molecule has 0 amide bonds. The summed E-state index contributed by atoms with van der Waals surface area (Å²) in [6.45, 7) is 0. The van der Waals surface area contributed by atoms with E-state index in [-0.39, 0.29) is 0 Å². The summed E-state index contributed by atoms with van der Waals surface area (Å²) in [6.07, 6.45) is -1.09. The van der Waals surface area contributed by atoms with E-state index in [9.17, 15) is 5.11 Å². The van der Waals surface area contributed by atoms with Gasteiger partial charge in [0.1, 0.15) is 0 Å². The first-order valence-electron chi connectivity index (χ1n) is 27.0. The van der Waals surface area contributed by atoms with E-state index >= 15 is 0 Å². The number of para-hydroxylation sites is 8. The van der Waals surface area contributed by atoms with Crippen molar-refractivity contribution in [3.63, 3.8) is 0 Å². The van der Waals surface area contributed by atoms with Crippen molar-refractivity contribution in [3.8, 4) is 22.3 Å². The Labute approximate surface area is 462 Å². The van der Waals surface area contributed by atoms with Gasteiger partial charge in [0.25, 0.3) is 0 Å². The highest BCUT2D eigenvalue weighted by Gasteiger charge is 2.55. The molecule has 0 radical (unpaired) electrons. The molecule has 0 saturated heterocycles. The van der Waals surface area contributed by atoms with Crippen LogP contribution in [0, 0.1) is 0 Å². The van der Waals surface area contributed by atoms with Crippen molar-refractivity contribution < 1.29 is 5.11 Å². The summed E-state index contributed by atoms with van der Waals surface area (Å²) < 4.78 is 0. The van der Waals surface area contributed by atoms with E-state index in [1.165, 1.54) is 0 Å². The average Bonchev–Trinajstić information content (AvgIpc) is 3.51. The summed E-state index contributed by atoms with van der Waals surface area (Å²) in [5.41, 5.74) is 19.1. The predicted molar refractivity (Wildman–Crippen MR) is 327 cm³/mol. The van der Waals surface area contributed by atoms with E-state index in [0.717, 1.165) is 113 Å². The van der Waals surface area contributed by atoms with Crippen molar-refractivity contribution in [1.82, 2.24) is 0 Å². The molecular formula is C74H54N4O. The molecule has 2 aliphatic carbocycles. The fourth-order valence-corrected chi connectivity index (χ4v) is 12.4. The number of nitrogens with zero attached hydrogens (tertiary/aromatic N) is 4. The van der Waals surface area contributed by atoms with Gasteiger partial charge >= 0.3 is 0 Å². The molecule has 1 unspecified atom stereocenters. The molecule has 12 aromatic carbocycles. The summed E-state index contributed by atoms with van der Waals surface area (Å²) in [5.74, 6) is 0. The van der Waals surface area contributed by atoms with E-state index in [0.29, 0.717) is 0 Å². The molecule has 0 fully saturated rings. The lowest BCUT2D eigenvalue weighted by molar-refractivity contribution is 0.123. The van der Waals surface area contributed by atoms with E-state index in [2.05, 4.69) is 335 Å². The Hall–Kier alpha value is -10.2. The van der Waals surface area contributed by atoms with Crippen LogP contribution in [0.1, 0.15) is 28.4 Å². The number of aliphatic hydroxyl groups excluding tert-OH is 1. The maximum atomic E-state index is 14.6. The third-order valence-corrected chi connectivity index (χ3v) is 15.8. The third-order valence-electron chi connectivity index (χ3n) is 15.8. The van der Waals surface area contributed by atoms with Gasteiger partial charge in [0.15, 0.2) is 0 Å². The molecule has 1 atom stereocenters. The van der Waals surface area contributed by atoms with Crippen LogP contribution >= 0.6 is 0 Å². The zero-order valence-electron chi connectivity index (χ0n) is 43.3. The van der Waals surface area contributed by atoms with Gasteiger partial charge in [-0.15, -0.1) is 0 Å². The minimum atomic E-state index is -1.17. The van der Waals surface area contributed by atoms with Gasteiger partial charge in [-0.3, -0.25) is 0 Å². The van der Waals surface area contributed by atoms with Crippen LogP contribution in [0.4, 0.5) is 68.2 Å². The van der Waals surface area contributed by atoms with Crippen LogP contribution in [0.15, 0.2) is 315 Å². The van der Waals surface area contributed by atoms with Gasteiger partial charge in [-0.1, -0.05) is 170 Å². The van der Waals surface area contributed by atoms with Crippen LogP contribution in [-0.2, 0) is 5.41 Å². The van der Waals surface area contributed by atoms with E-state index < -0.39 is 11.5 Å². The maximum Gasteiger partial charge on any atom is 0.0975 e. The minimum absolute atomic E-state index is 0.846. The summed E-state index contributed by atoms with van der Waals surface area (Å²) in [7, 11) is 0. The van der Waals surface area contributed by atoms with Crippen LogP contribution in [0.25, 0.3) is 22.3 Å². The highest BCUT2D eigenvalue weighted by atomic mass is 16.3. The lowest BCUT2D eigenvalue weighted by Gasteiger charge is -2.44. The van der Waals surface area contributed by atoms with Gasteiger partial charge in [-0.05, 0) is 190 Å². The molecule has 12 aromatic rings. The zero-order chi connectivity index (χ0) is 52.7. The number of anilines is 12. The quantitative estimate of drug-likeness (QED) is 0.132. The van der Waals surface area contributed by atoms with Crippen molar-refractivity contribution in [2.75, 3.05) is 19.6 Å². The molecule has 5 heteroatoms. The fourth-order valence-electron chi connectivity index (χ4n) is 12.4. The van der Waals surface area contributed by atoms with Crippen LogP contribution < -0.4 is 19.6 Å². The lowest BCUT2D eigenvalue weighted by Crippen LogP contribution is -2.38. The van der Waals surface area contributed by atoms with Crippen molar-refractivity contribution in [2.45, 2.75) is 11.5 Å². The highest BCUT2D eigenvalue weighted by Crippen LogP contribution is 2.65. The van der Waals surface area contributed by atoms with Gasteiger partial charge in [-0.2, -0.15) is 0 Å². The number of aliphatic hydroxyl groups is 1. The normalized spacial score (nSPS) is 13.4. The Morgan fingerprint density at radius 1 is 0.215 bits per heavy atom. The molecule has 0 aliphatic heterocycles. The maximum absolute atomic E-state index is 14.6. The van der Waals surface area contributed by atoms with E-state index in [1.54, 1.807) is 0 Å². The molecule has 1 spiro atoms. The molecule has 0 saturated carbocycles. The average molecular weight is 1020 g/mol. The van der Waals surface area contributed by atoms with Gasteiger partial charge in [0.2, 0.25) is 0 Å². The molecule has 5 nitrogen and oxygen atoms in total. The number of benzene rings is 12. The highest BCUT2D eigenvalue weighted by molar-refractivity contribution is 5.95. The monoisotopic (exact) mass is 1010 g/mol. The smallest absolute Gasteiger partial charge is 0.0975 e. The van der Waals surface area contributed by atoms with Crippen LogP contribution in [0.3, 0.4) is 0 Å². The topological polar surface area (TPSA) is 33.2 Å². The van der Waals surface area contributed by atoms with Crippen molar-refractivity contribution in [1.29, 1.82) is 0 Å². The SMILES string of the molecule is OC1c2cc(N(c3ccccc3)c3ccccc3)ccc2-c2ccc(N(c3ccccc3)c3ccccc3)cc2C12c1cc(N(c3ccccc3)c3ccccc3)ccc1-c1ccc(N(c3ccccc3)c3ccccc3)cc12. The van der Waals surface area contributed by atoms with E-state index in [1.807, 2.05) is 0 Å². The second kappa shape index (κ2) is 20.1. The van der Waals surface area contributed by atoms with Crippen molar-refractivity contribution in [2.24, 2.45) is 0 Å². The van der Waals surface area contributed by atoms with Crippen LogP contribution in [-0.4, -0.2) is 5.11 Å². The Balaban J connectivity index is 1.09. The number of hydrogen-bond acceptors (Lipinski definition) is 5. The number of rotatable bonds is 12. The summed E-state index contributed by atoms with van der Waals surface area (Å²) in [4.78, 5) is 9.28. The first kappa shape index (κ1) is 47.3. The van der Waals surface area contributed by atoms with Gasteiger partial charge in [0.05, 0.1) is 11.5 Å². The lowest BCUT2D eigenvalue weighted by atomic mass is 9.60. The summed E-state index contributed by atoms with van der Waals surface area (Å²) in [6, 6.07) is 112. The Kier molecular flexibility index (Phi) is 12.0. The molecule has 79 heavy (non-hydrogen) atoms. The molecule has 14 rings (SSSR count). The van der Waals surface area contributed by atoms with Gasteiger partial charge < -0.3 is 24.7 Å². The molecule has 2 aliphatic rings. The third kappa shape index (κ3) is 8.15. The number of hydrogen-bond donors (Lipinski definition) is 1. The molecule has 0 bridgehead atoms. The van der Waals surface area contributed by atoms with Crippen LogP contribution in [0.5, 0.6) is 0 Å². The predicted octanol–water partition coefficient (Wildman–Crippen LogP) is 19.6. The second-order valence-corrected chi connectivity index (χ2v) is 20.2. The Bertz CT molecular complexity index is 3800. The first-order valence-corrected chi connectivity index (χ1v) is 27.0. The minimum Gasteiger partial charge on any atom is -0.387 e. The van der Waals surface area contributed by atoms with Crippen LogP contribution in [0.2, 0.25) is 0 Å². The second-order valence-electron chi connectivity index (χ2n) is 20.2. The Morgan fingerprint density at radius 3 is 0.658 bits per heavy atom. The van der Waals surface area contributed by atoms with Gasteiger partial charge in [0, 0.05) is 68.2 Å². The van der Waals surface area contributed by atoms with Crippen molar-refractivity contribution >= 4 is 68.2 Å². The van der Waals surface area contributed by atoms with Crippen molar-refractivity contribution in [3.05, 3.63) is 338 Å². The molecule has 0 aromatic heterocycles. The standard InChI is InChI=1S/C74H54N4O/c79-73-69-49-61(75(53-25-9-1-10-26-53)54-27-11-2-12-28-54)41-45-65(69)66-46-42-62(76(55-29-13-3-14-30-55)56-31-15-4-16-32-56)50-70(66)74(73)71-51-63(77(57-33-17-5-18-34-57)58-35-19-6-20-36-58)43-47-67(71)68-48-44-64(52-72(68)74)78(59-37-21-7-22-38-59)60-39-23-8-24-40-60/h1-52,73,79H. The van der Waals surface area contributed by atoms with E-state index in [4.69, 9.17) is 0 Å². The summed E-state index contributed by atoms with van der Waals surface area (Å²) >= 11 is 0. The molecule has 1 N–H and O–H groups in total. The molecule has 376 valence electrons. The summed E-state index contributed by atoms with van der Waals surface area (Å²) in [5, 5.41) is 14.6. The molecule has 0 heterocycles. The fraction of sp³-hybridized carbons (Fsp3) is 0.0270.